The van der Waals surface area contributed by atoms with E-state index >= 15 is 0 Å². The normalized spacial score (nSPS) is 12.2. The molecule has 0 atom stereocenters. The molecule has 2 heterocycles. The van der Waals surface area contributed by atoms with Gasteiger partial charge >= 0.3 is 0 Å². The summed E-state index contributed by atoms with van der Waals surface area (Å²) in [6, 6.07) is 18.8. The molecule has 0 spiro atoms. The third-order valence-corrected chi connectivity index (χ3v) is 7.70. The lowest BCUT2D eigenvalue weighted by atomic mass is 9.92. The molecule has 4 rings (SSSR count). The first-order valence-corrected chi connectivity index (χ1v) is 11.4. The monoisotopic (exact) mass is 418 g/mol. The van der Waals surface area contributed by atoms with Crippen molar-refractivity contribution in [1.82, 2.24) is 9.97 Å². The third-order valence-electron chi connectivity index (χ3n) is 5.61. The SMILES string of the molecule is CC(C)(c1cc(-c2cccc(-c3cc[nH]c(=O)c3)c2)c2ncccc2c1)S(C)(=O)=O. The summed E-state index contributed by atoms with van der Waals surface area (Å²) >= 11 is 0. The highest BCUT2D eigenvalue weighted by Crippen LogP contribution is 2.37. The van der Waals surface area contributed by atoms with Crippen LogP contribution in [0.15, 0.2) is 77.9 Å². The smallest absolute Gasteiger partial charge is 0.248 e. The number of benzene rings is 2. The minimum Gasteiger partial charge on any atom is -0.329 e. The second kappa shape index (κ2) is 7.22. The van der Waals surface area contributed by atoms with E-state index in [0.29, 0.717) is 5.56 Å². The second-order valence-electron chi connectivity index (χ2n) is 7.90. The molecule has 0 aliphatic rings. The Bertz CT molecular complexity index is 1420. The van der Waals surface area contributed by atoms with Crippen molar-refractivity contribution in [3.63, 3.8) is 0 Å². The molecule has 30 heavy (non-hydrogen) atoms. The second-order valence-corrected chi connectivity index (χ2v) is 10.5. The molecule has 0 saturated carbocycles. The van der Waals surface area contributed by atoms with E-state index < -0.39 is 14.6 Å². The average molecular weight is 419 g/mol. The van der Waals surface area contributed by atoms with Crippen LogP contribution in [0.1, 0.15) is 19.4 Å². The van der Waals surface area contributed by atoms with Gasteiger partial charge in [0.25, 0.3) is 0 Å². The number of fused-ring (bicyclic) bond motifs is 1. The minimum absolute atomic E-state index is 0.165. The first kappa shape index (κ1) is 20.0. The zero-order valence-corrected chi connectivity index (χ0v) is 17.8. The number of nitrogens with zero attached hydrogens (tertiary/aromatic N) is 1. The molecule has 2 aromatic heterocycles. The van der Waals surface area contributed by atoms with E-state index in [9.17, 15) is 13.2 Å². The van der Waals surface area contributed by atoms with E-state index in [1.54, 1.807) is 32.3 Å². The average Bonchev–Trinajstić information content (AvgIpc) is 2.72. The van der Waals surface area contributed by atoms with Gasteiger partial charge in [0.05, 0.1) is 10.3 Å². The molecule has 0 fully saturated rings. The molecule has 1 N–H and O–H groups in total. The summed E-state index contributed by atoms with van der Waals surface area (Å²) in [6.07, 6.45) is 4.61. The summed E-state index contributed by atoms with van der Waals surface area (Å²) < 4.78 is 23.9. The van der Waals surface area contributed by atoms with Gasteiger partial charge in [0.15, 0.2) is 9.84 Å². The number of H-pyrrole nitrogens is 1. The van der Waals surface area contributed by atoms with Crippen molar-refractivity contribution in [1.29, 1.82) is 0 Å². The Kier molecular flexibility index (Phi) is 4.82. The van der Waals surface area contributed by atoms with Crippen molar-refractivity contribution < 1.29 is 8.42 Å². The Morgan fingerprint density at radius 1 is 0.900 bits per heavy atom. The van der Waals surface area contributed by atoms with Crippen LogP contribution in [0.2, 0.25) is 0 Å². The molecule has 5 nitrogen and oxygen atoms in total. The Morgan fingerprint density at radius 3 is 2.37 bits per heavy atom. The van der Waals surface area contributed by atoms with Crippen LogP contribution in [0, 0.1) is 0 Å². The van der Waals surface area contributed by atoms with Gasteiger partial charge in [-0.05, 0) is 66.4 Å². The highest BCUT2D eigenvalue weighted by molar-refractivity contribution is 7.91. The van der Waals surface area contributed by atoms with E-state index in [1.165, 1.54) is 6.26 Å². The molecule has 152 valence electrons. The van der Waals surface area contributed by atoms with Crippen molar-refractivity contribution in [3.05, 3.63) is 89.0 Å². The van der Waals surface area contributed by atoms with Crippen LogP contribution in [-0.4, -0.2) is 24.6 Å². The van der Waals surface area contributed by atoms with Crippen LogP contribution >= 0.6 is 0 Å². The predicted octanol–water partition coefficient (Wildman–Crippen LogP) is 4.54. The minimum atomic E-state index is -3.34. The van der Waals surface area contributed by atoms with Crippen molar-refractivity contribution in [2.45, 2.75) is 18.6 Å². The van der Waals surface area contributed by atoms with Crippen molar-refractivity contribution in [3.8, 4) is 22.3 Å². The summed E-state index contributed by atoms with van der Waals surface area (Å²) in [6.45, 7) is 3.44. The van der Waals surface area contributed by atoms with Crippen LogP contribution in [0.25, 0.3) is 33.2 Å². The number of rotatable bonds is 4. The van der Waals surface area contributed by atoms with Gasteiger partial charge in [-0.25, -0.2) is 8.42 Å². The molecule has 0 aliphatic heterocycles. The van der Waals surface area contributed by atoms with Gasteiger partial charge < -0.3 is 4.98 Å². The molecule has 6 heteroatoms. The fourth-order valence-electron chi connectivity index (χ4n) is 3.46. The van der Waals surface area contributed by atoms with Crippen LogP contribution in [0.4, 0.5) is 0 Å². The highest BCUT2D eigenvalue weighted by atomic mass is 32.2. The van der Waals surface area contributed by atoms with Gasteiger partial charge in [-0.3, -0.25) is 9.78 Å². The van der Waals surface area contributed by atoms with Gasteiger partial charge in [-0.2, -0.15) is 0 Å². The van der Waals surface area contributed by atoms with Crippen LogP contribution in [0.5, 0.6) is 0 Å². The van der Waals surface area contributed by atoms with Crippen molar-refractivity contribution >= 4 is 20.7 Å². The number of pyridine rings is 2. The molecule has 0 unspecified atom stereocenters. The molecular weight excluding hydrogens is 396 g/mol. The van der Waals surface area contributed by atoms with Gasteiger partial charge in [0.2, 0.25) is 5.56 Å². The van der Waals surface area contributed by atoms with Crippen LogP contribution in [0.3, 0.4) is 0 Å². The number of hydrogen-bond donors (Lipinski definition) is 1. The number of sulfone groups is 1. The van der Waals surface area contributed by atoms with Gasteiger partial charge in [0, 0.05) is 35.7 Å². The zero-order chi connectivity index (χ0) is 21.5. The van der Waals surface area contributed by atoms with Crippen LogP contribution in [-0.2, 0) is 14.6 Å². The van der Waals surface area contributed by atoms with Crippen LogP contribution < -0.4 is 5.56 Å². The first-order chi connectivity index (χ1) is 14.2. The van der Waals surface area contributed by atoms with E-state index in [1.807, 2.05) is 54.6 Å². The number of aromatic amines is 1. The maximum absolute atomic E-state index is 12.5. The summed E-state index contributed by atoms with van der Waals surface area (Å²) in [5.41, 5.74) is 4.81. The molecular formula is C24H22N2O3S. The standard InChI is InChI=1S/C24H22N2O3S/c1-24(2,30(3,28)29)20-13-19-8-5-10-26-23(19)21(15-20)18-7-4-6-16(12-18)17-9-11-25-22(27)14-17/h4-15H,1-3H3,(H,25,27). The maximum atomic E-state index is 12.5. The van der Waals surface area contributed by atoms with E-state index in [4.69, 9.17) is 0 Å². The zero-order valence-electron chi connectivity index (χ0n) is 17.0. The van der Waals surface area contributed by atoms with Gasteiger partial charge in [-0.15, -0.1) is 0 Å². The summed E-state index contributed by atoms with van der Waals surface area (Å²) in [5, 5.41) is 0.878. The first-order valence-electron chi connectivity index (χ1n) is 9.55. The Labute approximate surface area is 175 Å². The fourth-order valence-corrected chi connectivity index (χ4v) is 4.01. The lowest BCUT2D eigenvalue weighted by Crippen LogP contribution is -2.28. The Morgan fingerprint density at radius 2 is 1.63 bits per heavy atom. The maximum Gasteiger partial charge on any atom is 0.248 e. The highest BCUT2D eigenvalue weighted by Gasteiger charge is 2.33. The van der Waals surface area contributed by atoms with Gasteiger partial charge in [-0.1, -0.05) is 24.3 Å². The molecule has 4 aromatic rings. The summed E-state index contributed by atoms with van der Waals surface area (Å²) in [5.74, 6) is 0. The molecule has 2 aromatic carbocycles. The molecule has 0 radical (unpaired) electrons. The Balaban J connectivity index is 1.97. The lowest BCUT2D eigenvalue weighted by Gasteiger charge is -2.24. The molecule has 0 aliphatic carbocycles. The number of aromatic nitrogens is 2. The van der Waals surface area contributed by atoms with Crippen molar-refractivity contribution in [2.24, 2.45) is 0 Å². The topological polar surface area (TPSA) is 79.9 Å². The Hall–Kier alpha value is -3.25. The quantitative estimate of drug-likeness (QED) is 0.528. The van der Waals surface area contributed by atoms with E-state index in [-0.39, 0.29) is 5.56 Å². The molecule has 0 amide bonds. The van der Waals surface area contributed by atoms with Gasteiger partial charge in [0.1, 0.15) is 0 Å². The number of hydrogen-bond acceptors (Lipinski definition) is 4. The van der Waals surface area contributed by atoms with E-state index in [2.05, 4.69) is 9.97 Å². The van der Waals surface area contributed by atoms with E-state index in [0.717, 1.165) is 33.2 Å². The summed E-state index contributed by atoms with van der Waals surface area (Å²) in [7, 11) is -3.34. The predicted molar refractivity (Wildman–Crippen MR) is 121 cm³/mol. The third kappa shape index (κ3) is 3.55. The molecule has 0 saturated heterocycles. The summed E-state index contributed by atoms with van der Waals surface area (Å²) in [4.78, 5) is 18.9. The lowest BCUT2D eigenvalue weighted by molar-refractivity contribution is 0.561. The fraction of sp³-hybridized carbons (Fsp3) is 0.167. The molecule has 0 bridgehead atoms. The largest absolute Gasteiger partial charge is 0.329 e. The van der Waals surface area contributed by atoms with Crippen molar-refractivity contribution in [2.75, 3.05) is 6.26 Å². The number of nitrogens with one attached hydrogen (secondary N) is 1.